The molecule has 2 aromatic rings. The van der Waals surface area contributed by atoms with Crippen LogP contribution in [0.4, 0.5) is 8.78 Å². The normalized spacial score (nSPS) is 11.7. The number of benzene rings is 2. The number of hydrogen-bond acceptors (Lipinski definition) is 3. The molecule has 2 aromatic carbocycles. The van der Waals surface area contributed by atoms with Crippen LogP contribution in [0.15, 0.2) is 41.3 Å². The lowest BCUT2D eigenvalue weighted by atomic mass is 10.1. The Kier molecular flexibility index (Phi) is 7.14. The van der Waals surface area contributed by atoms with Crippen LogP contribution in [0.5, 0.6) is 0 Å². The first-order valence-electron chi connectivity index (χ1n) is 8.61. The van der Waals surface area contributed by atoms with Crippen LogP contribution in [-0.2, 0) is 16.6 Å². The van der Waals surface area contributed by atoms with Crippen molar-refractivity contribution in [1.29, 1.82) is 0 Å². The lowest BCUT2D eigenvalue weighted by molar-refractivity contribution is 0.0783. The zero-order valence-electron chi connectivity index (χ0n) is 15.7. The Hall–Kier alpha value is -2.03. The van der Waals surface area contributed by atoms with Gasteiger partial charge in [-0.3, -0.25) is 4.79 Å². The van der Waals surface area contributed by atoms with Crippen LogP contribution in [0.2, 0.25) is 5.02 Å². The molecule has 28 heavy (non-hydrogen) atoms. The van der Waals surface area contributed by atoms with Crippen molar-refractivity contribution in [3.63, 3.8) is 0 Å². The van der Waals surface area contributed by atoms with Gasteiger partial charge < -0.3 is 4.90 Å². The van der Waals surface area contributed by atoms with Crippen LogP contribution in [-0.4, -0.2) is 43.7 Å². The summed E-state index contributed by atoms with van der Waals surface area (Å²) in [5.41, 5.74) is 0.111. The average molecular weight is 431 g/mol. The first-order valence-corrected chi connectivity index (χ1v) is 10.4. The van der Waals surface area contributed by atoms with Gasteiger partial charge in [0, 0.05) is 42.8 Å². The Balaban J connectivity index is 2.37. The fourth-order valence-electron chi connectivity index (χ4n) is 2.75. The number of amides is 1. The molecule has 0 aliphatic heterocycles. The minimum Gasteiger partial charge on any atom is -0.337 e. The molecule has 0 spiro atoms. The predicted octanol–water partition coefficient (Wildman–Crippen LogP) is 3.92. The van der Waals surface area contributed by atoms with Crippen molar-refractivity contribution in [3.8, 4) is 0 Å². The molecule has 0 N–H and O–H groups in total. The van der Waals surface area contributed by atoms with E-state index in [1.807, 2.05) is 0 Å². The molecule has 152 valence electrons. The third-order valence-electron chi connectivity index (χ3n) is 4.31. The first kappa shape index (κ1) is 22.3. The topological polar surface area (TPSA) is 57.7 Å². The Labute approximate surface area is 168 Å². The van der Waals surface area contributed by atoms with Gasteiger partial charge in [-0.1, -0.05) is 31.5 Å². The lowest BCUT2D eigenvalue weighted by Gasteiger charge is -2.21. The second-order valence-corrected chi connectivity index (χ2v) is 8.41. The molecule has 0 aliphatic carbocycles. The van der Waals surface area contributed by atoms with Gasteiger partial charge in [-0.2, -0.15) is 4.31 Å². The highest BCUT2D eigenvalue weighted by atomic mass is 35.5. The SMILES string of the molecule is CCN(CC)S(=O)(=O)c1cc(C(=O)N(C)Cc2c(F)cccc2Cl)ccc1F. The molecule has 0 aromatic heterocycles. The van der Waals surface area contributed by atoms with Crippen molar-refractivity contribution in [1.82, 2.24) is 9.21 Å². The van der Waals surface area contributed by atoms with Crippen molar-refractivity contribution in [3.05, 3.63) is 64.2 Å². The molecular formula is C19H21ClF2N2O3S. The van der Waals surface area contributed by atoms with E-state index in [4.69, 9.17) is 11.6 Å². The number of hydrogen-bond donors (Lipinski definition) is 0. The molecule has 1 amide bonds. The monoisotopic (exact) mass is 430 g/mol. The van der Waals surface area contributed by atoms with Gasteiger partial charge in [0.1, 0.15) is 16.5 Å². The fraction of sp³-hybridized carbons (Fsp3) is 0.316. The third-order valence-corrected chi connectivity index (χ3v) is 6.72. The molecule has 2 rings (SSSR count). The summed E-state index contributed by atoms with van der Waals surface area (Å²) in [6, 6.07) is 7.32. The molecule has 0 saturated heterocycles. The molecular weight excluding hydrogens is 410 g/mol. The Morgan fingerprint density at radius 3 is 2.29 bits per heavy atom. The molecule has 0 radical (unpaired) electrons. The number of carbonyl (C=O) groups excluding carboxylic acids is 1. The van der Waals surface area contributed by atoms with E-state index in [9.17, 15) is 22.0 Å². The predicted molar refractivity (Wildman–Crippen MR) is 104 cm³/mol. The van der Waals surface area contributed by atoms with Crippen LogP contribution in [0.25, 0.3) is 0 Å². The molecule has 0 heterocycles. The third kappa shape index (κ3) is 4.51. The highest BCUT2D eigenvalue weighted by Crippen LogP contribution is 2.24. The summed E-state index contributed by atoms with van der Waals surface area (Å²) >= 11 is 5.98. The summed E-state index contributed by atoms with van der Waals surface area (Å²) in [5.74, 6) is -2.09. The van der Waals surface area contributed by atoms with Gasteiger partial charge in [0.05, 0.1) is 0 Å². The molecule has 0 bridgehead atoms. The van der Waals surface area contributed by atoms with Crippen molar-refractivity contribution < 1.29 is 22.0 Å². The molecule has 0 saturated carbocycles. The number of halogens is 3. The van der Waals surface area contributed by atoms with Gasteiger partial charge >= 0.3 is 0 Å². The molecule has 0 aliphatic rings. The van der Waals surface area contributed by atoms with Gasteiger partial charge in [0.2, 0.25) is 10.0 Å². The lowest BCUT2D eigenvalue weighted by Crippen LogP contribution is -2.32. The zero-order valence-corrected chi connectivity index (χ0v) is 17.3. The van der Waals surface area contributed by atoms with Crippen molar-refractivity contribution in [2.45, 2.75) is 25.3 Å². The summed E-state index contributed by atoms with van der Waals surface area (Å²) in [4.78, 5) is 13.3. The maximum atomic E-state index is 14.2. The molecule has 0 unspecified atom stereocenters. The number of rotatable bonds is 7. The van der Waals surface area contributed by atoms with Gasteiger partial charge in [-0.25, -0.2) is 17.2 Å². The molecule has 0 atom stereocenters. The van der Waals surface area contributed by atoms with E-state index in [2.05, 4.69) is 0 Å². The van der Waals surface area contributed by atoms with E-state index in [1.54, 1.807) is 13.8 Å². The highest BCUT2D eigenvalue weighted by molar-refractivity contribution is 7.89. The van der Waals surface area contributed by atoms with E-state index < -0.39 is 32.5 Å². The van der Waals surface area contributed by atoms with Crippen molar-refractivity contribution >= 4 is 27.5 Å². The number of carbonyl (C=O) groups is 1. The smallest absolute Gasteiger partial charge is 0.253 e. The summed E-state index contributed by atoms with van der Waals surface area (Å²) in [6.45, 7) is 3.49. The Morgan fingerprint density at radius 2 is 1.71 bits per heavy atom. The second-order valence-electron chi connectivity index (χ2n) is 6.10. The zero-order chi connectivity index (χ0) is 21.1. The molecule has 9 heteroatoms. The minimum atomic E-state index is -4.08. The van der Waals surface area contributed by atoms with Gasteiger partial charge in [-0.15, -0.1) is 0 Å². The van der Waals surface area contributed by atoms with Crippen LogP contribution < -0.4 is 0 Å². The van der Waals surface area contributed by atoms with Gasteiger partial charge in [0.25, 0.3) is 5.91 Å². The minimum absolute atomic E-state index is 0.0258. The number of sulfonamides is 1. The van der Waals surface area contributed by atoms with E-state index >= 15 is 0 Å². The average Bonchev–Trinajstić information content (AvgIpc) is 2.65. The molecule has 0 fully saturated rings. The highest BCUT2D eigenvalue weighted by Gasteiger charge is 2.27. The van der Waals surface area contributed by atoms with Crippen LogP contribution in [0, 0.1) is 11.6 Å². The maximum Gasteiger partial charge on any atom is 0.253 e. The van der Waals surface area contributed by atoms with Gasteiger partial charge in [0.15, 0.2) is 0 Å². The van der Waals surface area contributed by atoms with E-state index in [0.29, 0.717) is 0 Å². The first-order chi connectivity index (χ1) is 13.1. The Morgan fingerprint density at radius 1 is 1.07 bits per heavy atom. The summed E-state index contributed by atoms with van der Waals surface area (Å²) in [5, 5.41) is 0.170. The standard InChI is InChI=1S/C19H21ClF2N2O3S/c1-4-24(5-2)28(26,27)18-11-13(9-10-17(18)22)19(25)23(3)12-14-15(20)7-6-8-16(14)21/h6-11H,4-5,12H2,1-3H3. The van der Waals surface area contributed by atoms with E-state index in [1.165, 1.54) is 36.2 Å². The molecule has 5 nitrogen and oxygen atoms in total. The quantitative estimate of drug-likeness (QED) is 0.669. The van der Waals surface area contributed by atoms with E-state index in [-0.39, 0.29) is 35.8 Å². The van der Waals surface area contributed by atoms with Crippen molar-refractivity contribution in [2.24, 2.45) is 0 Å². The summed E-state index contributed by atoms with van der Waals surface area (Å²) in [7, 11) is -2.66. The summed E-state index contributed by atoms with van der Waals surface area (Å²) in [6.07, 6.45) is 0. The van der Waals surface area contributed by atoms with Crippen molar-refractivity contribution in [2.75, 3.05) is 20.1 Å². The fourth-order valence-corrected chi connectivity index (χ4v) is 4.52. The van der Waals surface area contributed by atoms with Crippen LogP contribution in [0.3, 0.4) is 0 Å². The van der Waals surface area contributed by atoms with Crippen LogP contribution >= 0.6 is 11.6 Å². The van der Waals surface area contributed by atoms with E-state index in [0.717, 1.165) is 16.4 Å². The second kappa shape index (κ2) is 8.98. The van der Waals surface area contributed by atoms with Crippen LogP contribution in [0.1, 0.15) is 29.8 Å². The summed E-state index contributed by atoms with van der Waals surface area (Å²) < 4.78 is 54.5. The maximum absolute atomic E-state index is 14.2. The number of nitrogens with zero attached hydrogens (tertiary/aromatic N) is 2. The van der Waals surface area contributed by atoms with Gasteiger partial charge in [-0.05, 0) is 30.3 Å². The Bertz CT molecular complexity index is 959. The largest absolute Gasteiger partial charge is 0.337 e.